The number of hydrogen-bond donors (Lipinski definition) is 1. The molecule has 2 nitrogen and oxygen atoms in total. The summed E-state index contributed by atoms with van der Waals surface area (Å²) < 4.78 is 13.7. The number of carbonyl (C=O) groups excluding carboxylic acids is 1. The number of aryl methyl sites for hydroxylation is 2. The van der Waals surface area contributed by atoms with E-state index in [-0.39, 0.29) is 11.6 Å². The van der Waals surface area contributed by atoms with E-state index in [4.69, 9.17) is 0 Å². The van der Waals surface area contributed by atoms with E-state index < -0.39 is 5.82 Å². The van der Waals surface area contributed by atoms with Crippen molar-refractivity contribution in [2.24, 2.45) is 0 Å². The van der Waals surface area contributed by atoms with Crippen LogP contribution in [0.2, 0.25) is 0 Å². The average molecular weight is 243 g/mol. The number of hydrogen-bond acceptors (Lipinski definition) is 1. The maximum Gasteiger partial charge on any atom is 0.255 e. The fourth-order valence-electron chi connectivity index (χ4n) is 1.64. The first-order valence-electron chi connectivity index (χ1n) is 5.71. The van der Waals surface area contributed by atoms with Gasteiger partial charge in [-0.3, -0.25) is 4.79 Å². The SMILES string of the molecule is Cc1ccc(C(=O)Nc2cccc(C)c2F)cc1. The van der Waals surface area contributed by atoms with Gasteiger partial charge in [-0.05, 0) is 37.6 Å². The minimum absolute atomic E-state index is 0.209. The number of anilines is 1. The average Bonchev–Trinajstić information content (AvgIpc) is 2.36. The Morgan fingerprint density at radius 2 is 1.72 bits per heavy atom. The van der Waals surface area contributed by atoms with E-state index in [0.29, 0.717) is 11.1 Å². The van der Waals surface area contributed by atoms with Gasteiger partial charge in [0, 0.05) is 5.56 Å². The number of nitrogens with one attached hydrogen (secondary N) is 1. The van der Waals surface area contributed by atoms with E-state index >= 15 is 0 Å². The zero-order chi connectivity index (χ0) is 13.1. The van der Waals surface area contributed by atoms with Gasteiger partial charge in [0.05, 0.1) is 5.69 Å². The van der Waals surface area contributed by atoms with Gasteiger partial charge < -0.3 is 5.32 Å². The van der Waals surface area contributed by atoms with E-state index in [1.807, 2.05) is 19.1 Å². The highest BCUT2D eigenvalue weighted by atomic mass is 19.1. The van der Waals surface area contributed by atoms with Crippen molar-refractivity contribution in [1.82, 2.24) is 0 Å². The molecule has 0 saturated carbocycles. The van der Waals surface area contributed by atoms with Crippen LogP contribution in [0.25, 0.3) is 0 Å². The Hall–Kier alpha value is -2.16. The van der Waals surface area contributed by atoms with Crippen molar-refractivity contribution in [3.63, 3.8) is 0 Å². The third-order valence-electron chi connectivity index (χ3n) is 2.75. The zero-order valence-corrected chi connectivity index (χ0v) is 10.3. The second-order valence-electron chi connectivity index (χ2n) is 4.26. The number of halogens is 1. The van der Waals surface area contributed by atoms with Gasteiger partial charge >= 0.3 is 0 Å². The van der Waals surface area contributed by atoms with Crippen LogP contribution in [0.5, 0.6) is 0 Å². The summed E-state index contributed by atoms with van der Waals surface area (Å²) in [7, 11) is 0. The normalized spacial score (nSPS) is 10.2. The fraction of sp³-hybridized carbons (Fsp3) is 0.133. The smallest absolute Gasteiger partial charge is 0.255 e. The summed E-state index contributed by atoms with van der Waals surface area (Å²) in [6.07, 6.45) is 0. The molecule has 92 valence electrons. The van der Waals surface area contributed by atoms with Crippen molar-refractivity contribution in [1.29, 1.82) is 0 Å². The van der Waals surface area contributed by atoms with E-state index in [2.05, 4.69) is 5.32 Å². The molecular weight excluding hydrogens is 229 g/mol. The Kier molecular flexibility index (Phi) is 3.42. The molecule has 0 heterocycles. The summed E-state index contributed by atoms with van der Waals surface area (Å²) in [6.45, 7) is 3.61. The van der Waals surface area contributed by atoms with Crippen LogP contribution in [0, 0.1) is 19.7 Å². The minimum Gasteiger partial charge on any atom is -0.319 e. The van der Waals surface area contributed by atoms with Gasteiger partial charge in [0.2, 0.25) is 0 Å². The van der Waals surface area contributed by atoms with Crippen LogP contribution < -0.4 is 5.32 Å². The highest BCUT2D eigenvalue weighted by Gasteiger charge is 2.10. The highest BCUT2D eigenvalue weighted by Crippen LogP contribution is 2.18. The first-order valence-corrected chi connectivity index (χ1v) is 5.71. The van der Waals surface area contributed by atoms with E-state index in [1.165, 1.54) is 0 Å². The van der Waals surface area contributed by atoms with Crippen molar-refractivity contribution < 1.29 is 9.18 Å². The molecule has 0 aliphatic carbocycles. The molecule has 2 rings (SSSR count). The molecule has 18 heavy (non-hydrogen) atoms. The molecular formula is C15H14FNO. The third kappa shape index (κ3) is 2.56. The van der Waals surface area contributed by atoms with Gasteiger partial charge in [0.15, 0.2) is 0 Å². The number of amides is 1. The molecule has 1 N–H and O–H groups in total. The molecule has 2 aromatic carbocycles. The standard InChI is InChI=1S/C15H14FNO/c1-10-6-8-12(9-7-10)15(18)17-13-5-3-4-11(2)14(13)16/h3-9H,1-2H3,(H,17,18). The molecule has 0 bridgehead atoms. The van der Waals surface area contributed by atoms with Crippen molar-refractivity contribution >= 4 is 11.6 Å². The second-order valence-corrected chi connectivity index (χ2v) is 4.26. The molecule has 1 amide bonds. The van der Waals surface area contributed by atoms with Gasteiger partial charge in [-0.2, -0.15) is 0 Å². The molecule has 2 aromatic rings. The summed E-state index contributed by atoms with van der Waals surface area (Å²) in [4.78, 5) is 11.9. The molecule has 0 fully saturated rings. The van der Waals surface area contributed by atoms with Gasteiger partial charge in [0.1, 0.15) is 5.82 Å². The van der Waals surface area contributed by atoms with E-state index in [9.17, 15) is 9.18 Å². The molecule has 0 spiro atoms. The summed E-state index contributed by atoms with van der Waals surface area (Å²) in [5.74, 6) is -0.697. The molecule has 3 heteroatoms. The topological polar surface area (TPSA) is 29.1 Å². The van der Waals surface area contributed by atoms with Crippen LogP contribution in [-0.2, 0) is 0 Å². The first kappa shape index (κ1) is 12.3. The molecule has 0 aliphatic heterocycles. The molecule has 0 radical (unpaired) electrons. The maximum atomic E-state index is 13.7. The number of carbonyl (C=O) groups is 1. The van der Waals surface area contributed by atoms with Crippen LogP contribution in [0.1, 0.15) is 21.5 Å². The van der Waals surface area contributed by atoms with E-state index in [0.717, 1.165) is 5.56 Å². The van der Waals surface area contributed by atoms with Gasteiger partial charge in [-0.25, -0.2) is 4.39 Å². The maximum absolute atomic E-state index is 13.7. The van der Waals surface area contributed by atoms with Crippen LogP contribution in [0.4, 0.5) is 10.1 Å². The Labute approximate surface area is 105 Å². The van der Waals surface area contributed by atoms with Crippen molar-refractivity contribution in [3.05, 3.63) is 65.0 Å². The molecule has 0 unspecified atom stereocenters. The minimum atomic E-state index is -0.391. The van der Waals surface area contributed by atoms with E-state index in [1.54, 1.807) is 37.3 Å². The predicted molar refractivity (Wildman–Crippen MR) is 70.3 cm³/mol. The predicted octanol–water partition coefficient (Wildman–Crippen LogP) is 3.69. The lowest BCUT2D eigenvalue weighted by atomic mass is 10.1. The van der Waals surface area contributed by atoms with Crippen molar-refractivity contribution in [2.45, 2.75) is 13.8 Å². The Balaban J connectivity index is 2.21. The van der Waals surface area contributed by atoms with Crippen molar-refractivity contribution in [2.75, 3.05) is 5.32 Å². The number of benzene rings is 2. The third-order valence-corrected chi connectivity index (χ3v) is 2.75. The lowest BCUT2D eigenvalue weighted by molar-refractivity contribution is 0.102. The quantitative estimate of drug-likeness (QED) is 0.856. The molecule has 0 aliphatic rings. The molecule has 0 atom stereocenters. The fourth-order valence-corrected chi connectivity index (χ4v) is 1.64. The Bertz CT molecular complexity index is 576. The van der Waals surface area contributed by atoms with Gasteiger partial charge in [-0.1, -0.05) is 29.8 Å². The monoisotopic (exact) mass is 243 g/mol. The van der Waals surface area contributed by atoms with Crippen LogP contribution in [-0.4, -0.2) is 5.91 Å². The summed E-state index contributed by atoms with van der Waals surface area (Å²) in [6, 6.07) is 12.1. The lowest BCUT2D eigenvalue weighted by Gasteiger charge is -2.08. The highest BCUT2D eigenvalue weighted by molar-refractivity contribution is 6.04. The lowest BCUT2D eigenvalue weighted by Crippen LogP contribution is -2.13. The zero-order valence-electron chi connectivity index (χ0n) is 10.3. The molecule has 0 aromatic heterocycles. The van der Waals surface area contributed by atoms with Crippen LogP contribution in [0.15, 0.2) is 42.5 Å². The van der Waals surface area contributed by atoms with Gasteiger partial charge in [-0.15, -0.1) is 0 Å². The summed E-state index contributed by atoms with van der Waals surface area (Å²) in [5, 5.41) is 2.57. The Morgan fingerprint density at radius 3 is 2.39 bits per heavy atom. The van der Waals surface area contributed by atoms with Crippen molar-refractivity contribution in [3.8, 4) is 0 Å². The van der Waals surface area contributed by atoms with Gasteiger partial charge in [0.25, 0.3) is 5.91 Å². The first-order chi connectivity index (χ1) is 8.58. The summed E-state index contributed by atoms with van der Waals surface area (Å²) >= 11 is 0. The largest absolute Gasteiger partial charge is 0.319 e. The van der Waals surface area contributed by atoms with Crippen LogP contribution >= 0.6 is 0 Å². The molecule has 0 saturated heterocycles. The second kappa shape index (κ2) is 5.00. The van der Waals surface area contributed by atoms with Crippen LogP contribution in [0.3, 0.4) is 0 Å². The summed E-state index contributed by atoms with van der Waals surface area (Å²) in [5.41, 5.74) is 2.31. The Morgan fingerprint density at radius 1 is 1.06 bits per heavy atom. The number of rotatable bonds is 2.